The van der Waals surface area contributed by atoms with Crippen LogP contribution in [0.2, 0.25) is 0 Å². The first-order valence-corrected chi connectivity index (χ1v) is 10.5. The van der Waals surface area contributed by atoms with E-state index in [2.05, 4.69) is 0 Å². The summed E-state index contributed by atoms with van der Waals surface area (Å²) in [5, 5.41) is 0. The van der Waals surface area contributed by atoms with Crippen LogP contribution in [0.25, 0.3) is 0 Å². The van der Waals surface area contributed by atoms with Crippen LogP contribution in [0.3, 0.4) is 0 Å². The molecule has 0 aliphatic carbocycles. The lowest BCUT2D eigenvalue weighted by atomic mass is 10.1. The Morgan fingerprint density at radius 2 is 1.67 bits per heavy atom. The molecule has 1 heterocycles. The summed E-state index contributed by atoms with van der Waals surface area (Å²) in [4.78, 5) is 40.8. The number of Topliss-reactive ketones (excluding diaryl/α,β-unsaturated/α-hetero) is 1. The molecule has 9 heteroatoms. The Hall–Kier alpha value is -4.01. The van der Waals surface area contributed by atoms with Crippen molar-refractivity contribution in [3.63, 3.8) is 0 Å². The highest BCUT2D eigenvalue weighted by molar-refractivity contribution is 6.02. The minimum Gasteiger partial charge on any atom is -0.493 e. The number of benzene rings is 2. The van der Waals surface area contributed by atoms with Gasteiger partial charge in [0.1, 0.15) is 11.4 Å². The summed E-state index contributed by atoms with van der Waals surface area (Å²) >= 11 is 0. The molecule has 0 aliphatic heterocycles. The topological polar surface area (TPSA) is 109 Å². The maximum atomic E-state index is 13.2. The number of aromatic nitrogens is 2. The standard InChI is InChI=1S/C24H28N4O5/c1-5-27-23(30)21(22(25)28(24(27)31)14-16-9-7-6-8-10-16)18(29)15-26(2)17-11-12-19(32-3)20(13-17)33-4/h6-13H,5,14-15,25H2,1-4H3. The van der Waals surface area contributed by atoms with Gasteiger partial charge in [0.05, 0.1) is 27.3 Å². The molecule has 0 aliphatic rings. The molecule has 2 aromatic carbocycles. The quantitative estimate of drug-likeness (QED) is 0.495. The molecule has 0 bridgehead atoms. The van der Waals surface area contributed by atoms with E-state index in [0.717, 1.165) is 10.1 Å². The third kappa shape index (κ3) is 4.77. The number of nitrogen functional groups attached to an aromatic ring is 1. The summed E-state index contributed by atoms with van der Waals surface area (Å²) < 4.78 is 12.9. The number of rotatable bonds is 9. The molecule has 0 saturated carbocycles. The number of carbonyl (C=O) groups excluding carboxylic acids is 1. The highest BCUT2D eigenvalue weighted by atomic mass is 16.5. The zero-order valence-corrected chi connectivity index (χ0v) is 19.2. The first-order chi connectivity index (χ1) is 15.8. The average Bonchev–Trinajstić information content (AvgIpc) is 2.82. The summed E-state index contributed by atoms with van der Waals surface area (Å²) in [6.45, 7) is 1.83. The van der Waals surface area contributed by atoms with Gasteiger partial charge in [-0.25, -0.2) is 4.79 Å². The molecule has 2 N–H and O–H groups in total. The Balaban J connectivity index is 1.99. The highest BCUT2D eigenvalue weighted by Crippen LogP contribution is 2.31. The van der Waals surface area contributed by atoms with Gasteiger partial charge in [-0.3, -0.25) is 18.7 Å². The fraction of sp³-hybridized carbons (Fsp3) is 0.292. The Morgan fingerprint density at radius 1 is 1.00 bits per heavy atom. The third-order valence-electron chi connectivity index (χ3n) is 5.44. The molecule has 0 radical (unpaired) electrons. The van der Waals surface area contributed by atoms with Crippen molar-refractivity contribution < 1.29 is 14.3 Å². The molecular formula is C24H28N4O5. The number of likely N-dealkylation sites (N-methyl/N-ethyl adjacent to an activating group) is 1. The van der Waals surface area contributed by atoms with Crippen LogP contribution in [-0.2, 0) is 13.1 Å². The van der Waals surface area contributed by atoms with Crippen LogP contribution < -0.4 is 31.4 Å². The minimum atomic E-state index is -0.685. The van der Waals surface area contributed by atoms with E-state index in [9.17, 15) is 14.4 Å². The molecule has 0 atom stereocenters. The lowest BCUT2D eigenvalue weighted by molar-refractivity contribution is 0.0998. The van der Waals surface area contributed by atoms with Gasteiger partial charge in [0.15, 0.2) is 17.3 Å². The van der Waals surface area contributed by atoms with Gasteiger partial charge >= 0.3 is 5.69 Å². The summed E-state index contributed by atoms with van der Waals surface area (Å²) in [5.41, 5.74) is 6.32. The Labute approximate surface area is 191 Å². The van der Waals surface area contributed by atoms with Gasteiger partial charge in [-0.1, -0.05) is 30.3 Å². The van der Waals surface area contributed by atoms with Crippen molar-refractivity contribution in [3.05, 3.63) is 80.5 Å². The molecule has 0 amide bonds. The Bertz CT molecular complexity index is 1260. The number of nitrogens with zero attached hydrogens (tertiary/aromatic N) is 3. The molecule has 0 unspecified atom stereocenters. The van der Waals surface area contributed by atoms with Crippen LogP contribution in [0, 0.1) is 0 Å². The van der Waals surface area contributed by atoms with Crippen molar-refractivity contribution in [2.75, 3.05) is 38.4 Å². The zero-order chi connectivity index (χ0) is 24.1. The zero-order valence-electron chi connectivity index (χ0n) is 19.2. The van der Waals surface area contributed by atoms with Crippen molar-refractivity contribution in [2.45, 2.75) is 20.0 Å². The smallest absolute Gasteiger partial charge is 0.332 e. The van der Waals surface area contributed by atoms with Crippen molar-refractivity contribution in [3.8, 4) is 11.5 Å². The number of hydrogen-bond donors (Lipinski definition) is 1. The van der Waals surface area contributed by atoms with Crippen molar-refractivity contribution in [1.82, 2.24) is 9.13 Å². The monoisotopic (exact) mass is 452 g/mol. The van der Waals surface area contributed by atoms with E-state index in [1.807, 2.05) is 30.3 Å². The van der Waals surface area contributed by atoms with Gasteiger partial charge < -0.3 is 20.1 Å². The first-order valence-electron chi connectivity index (χ1n) is 10.5. The lowest BCUT2D eigenvalue weighted by Gasteiger charge is -2.21. The molecule has 0 fully saturated rings. The van der Waals surface area contributed by atoms with Crippen molar-refractivity contribution >= 4 is 17.3 Å². The predicted octanol–water partition coefficient (Wildman–Crippen LogP) is 2.00. The molecule has 174 valence electrons. The van der Waals surface area contributed by atoms with Crippen LogP contribution in [0.15, 0.2) is 58.1 Å². The van der Waals surface area contributed by atoms with Gasteiger partial charge in [0.25, 0.3) is 5.56 Å². The highest BCUT2D eigenvalue weighted by Gasteiger charge is 2.23. The molecule has 3 rings (SSSR count). The van der Waals surface area contributed by atoms with Crippen LogP contribution >= 0.6 is 0 Å². The maximum absolute atomic E-state index is 13.2. The molecule has 3 aromatic rings. The molecule has 33 heavy (non-hydrogen) atoms. The van der Waals surface area contributed by atoms with E-state index in [4.69, 9.17) is 15.2 Å². The SMILES string of the molecule is CCn1c(=O)c(C(=O)CN(C)c2ccc(OC)c(OC)c2)c(N)n(Cc2ccccc2)c1=O. The van der Waals surface area contributed by atoms with Crippen LogP contribution in [0.4, 0.5) is 11.5 Å². The third-order valence-corrected chi connectivity index (χ3v) is 5.44. The second kappa shape index (κ2) is 10.1. The van der Waals surface area contributed by atoms with E-state index in [-0.39, 0.29) is 31.0 Å². The number of anilines is 2. The number of carbonyl (C=O) groups is 1. The van der Waals surface area contributed by atoms with E-state index in [1.54, 1.807) is 37.1 Å². The number of ether oxygens (including phenoxy) is 2. The summed E-state index contributed by atoms with van der Waals surface area (Å²) in [6, 6.07) is 14.5. The fourth-order valence-corrected chi connectivity index (χ4v) is 3.62. The van der Waals surface area contributed by atoms with Crippen molar-refractivity contribution in [2.24, 2.45) is 0 Å². The molecule has 9 nitrogen and oxygen atoms in total. The second-order valence-corrected chi connectivity index (χ2v) is 7.48. The van der Waals surface area contributed by atoms with E-state index < -0.39 is 17.0 Å². The maximum Gasteiger partial charge on any atom is 0.332 e. The number of ketones is 1. The Morgan fingerprint density at radius 3 is 2.27 bits per heavy atom. The van der Waals surface area contributed by atoms with Crippen LogP contribution in [0.1, 0.15) is 22.8 Å². The van der Waals surface area contributed by atoms with Gasteiger partial charge in [0.2, 0.25) is 0 Å². The van der Waals surface area contributed by atoms with Gasteiger partial charge in [0, 0.05) is 25.3 Å². The number of methoxy groups -OCH3 is 2. The second-order valence-electron chi connectivity index (χ2n) is 7.48. The first kappa shape index (κ1) is 23.6. The summed E-state index contributed by atoms with van der Waals surface area (Å²) in [7, 11) is 4.78. The molecular weight excluding hydrogens is 424 g/mol. The Kier molecular flexibility index (Phi) is 7.22. The normalized spacial score (nSPS) is 10.7. The summed E-state index contributed by atoms with van der Waals surface area (Å²) in [5.74, 6) is 0.450. The van der Waals surface area contributed by atoms with Crippen LogP contribution in [0.5, 0.6) is 11.5 Å². The fourth-order valence-electron chi connectivity index (χ4n) is 3.62. The van der Waals surface area contributed by atoms with Gasteiger partial charge in [-0.2, -0.15) is 0 Å². The van der Waals surface area contributed by atoms with E-state index in [0.29, 0.717) is 17.2 Å². The molecule has 1 aromatic heterocycles. The van der Waals surface area contributed by atoms with E-state index in [1.165, 1.54) is 18.8 Å². The van der Waals surface area contributed by atoms with Gasteiger partial charge in [-0.15, -0.1) is 0 Å². The number of nitrogens with two attached hydrogens (primary N) is 1. The predicted molar refractivity (Wildman–Crippen MR) is 128 cm³/mol. The van der Waals surface area contributed by atoms with E-state index >= 15 is 0 Å². The van der Waals surface area contributed by atoms with Crippen LogP contribution in [-0.4, -0.2) is 42.7 Å². The largest absolute Gasteiger partial charge is 0.493 e. The lowest BCUT2D eigenvalue weighted by Crippen LogP contribution is -2.45. The van der Waals surface area contributed by atoms with Crippen molar-refractivity contribution in [1.29, 1.82) is 0 Å². The molecule has 0 spiro atoms. The number of hydrogen-bond acceptors (Lipinski definition) is 7. The average molecular weight is 453 g/mol. The summed E-state index contributed by atoms with van der Waals surface area (Å²) in [6.07, 6.45) is 0. The molecule has 0 saturated heterocycles. The minimum absolute atomic E-state index is 0.123. The van der Waals surface area contributed by atoms with Gasteiger partial charge in [-0.05, 0) is 24.6 Å².